The van der Waals surface area contributed by atoms with Crippen molar-refractivity contribution in [2.45, 2.75) is 39.1 Å². The Morgan fingerprint density at radius 2 is 2.04 bits per heavy atom. The standard InChI is InChI=1S/C21H24FNO/c1-16-13-18(14-19-10-11-21(2,22)24-20(16)19)9-6-12-23-15-17-7-4-3-5-8-17/h3-9,13-14,23H,10-12,15H2,1-2H3/b9-6+/t21-/m0/s1. The second-order valence-corrected chi connectivity index (χ2v) is 6.55. The van der Waals surface area contributed by atoms with Gasteiger partial charge in [-0.1, -0.05) is 42.5 Å². The number of ether oxygens (including phenoxy) is 1. The van der Waals surface area contributed by atoms with Crippen LogP contribution in [-0.2, 0) is 13.0 Å². The highest BCUT2D eigenvalue weighted by Gasteiger charge is 2.31. The van der Waals surface area contributed by atoms with E-state index in [0.717, 1.165) is 36.2 Å². The van der Waals surface area contributed by atoms with Gasteiger partial charge >= 0.3 is 0 Å². The van der Waals surface area contributed by atoms with Crippen LogP contribution in [0, 0.1) is 6.92 Å². The molecule has 0 saturated heterocycles. The molecule has 3 rings (SSSR count). The maximum Gasteiger partial charge on any atom is 0.246 e. The molecule has 0 unspecified atom stereocenters. The molecule has 0 fully saturated rings. The van der Waals surface area contributed by atoms with Crippen LogP contribution >= 0.6 is 0 Å². The summed E-state index contributed by atoms with van der Waals surface area (Å²) in [7, 11) is 0. The molecule has 1 heterocycles. The van der Waals surface area contributed by atoms with E-state index in [1.54, 1.807) is 0 Å². The third-order valence-electron chi connectivity index (χ3n) is 4.27. The molecule has 2 aromatic carbocycles. The predicted octanol–water partition coefficient (Wildman–Crippen LogP) is 4.81. The number of halogens is 1. The van der Waals surface area contributed by atoms with E-state index >= 15 is 0 Å². The average molecular weight is 325 g/mol. The van der Waals surface area contributed by atoms with E-state index in [9.17, 15) is 4.39 Å². The largest absolute Gasteiger partial charge is 0.458 e. The summed E-state index contributed by atoms with van der Waals surface area (Å²) >= 11 is 0. The Bertz CT molecular complexity index is 722. The molecule has 1 N–H and O–H groups in total. The summed E-state index contributed by atoms with van der Waals surface area (Å²) in [5.41, 5.74) is 4.51. The molecule has 0 aliphatic carbocycles. The van der Waals surface area contributed by atoms with E-state index in [1.165, 1.54) is 12.5 Å². The van der Waals surface area contributed by atoms with Crippen molar-refractivity contribution in [2.75, 3.05) is 6.54 Å². The molecule has 126 valence electrons. The lowest BCUT2D eigenvalue weighted by atomic mass is 9.96. The Balaban J connectivity index is 1.59. The quantitative estimate of drug-likeness (QED) is 0.797. The van der Waals surface area contributed by atoms with Crippen LogP contribution in [0.25, 0.3) is 6.08 Å². The van der Waals surface area contributed by atoms with Crippen LogP contribution in [-0.4, -0.2) is 12.4 Å². The number of aryl methyl sites for hydroxylation is 2. The molecule has 2 nitrogen and oxygen atoms in total. The summed E-state index contributed by atoms with van der Waals surface area (Å²) in [6, 6.07) is 14.5. The monoisotopic (exact) mass is 325 g/mol. The highest BCUT2D eigenvalue weighted by molar-refractivity contribution is 5.57. The van der Waals surface area contributed by atoms with Gasteiger partial charge in [-0.05, 0) is 47.7 Å². The van der Waals surface area contributed by atoms with Gasteiger partial charge in [0.15, 0.2) is 0 Å². The smallest absolute Gasteiger partial charge is 0.246 e. The van der Waals surface area contributed by atoms with Crippen molar-refractivity contribution >= 4 is 6.08 Å². The minimum absolute atomic E-state index is 0.408. The second-order valence-electron chi connectivity index (χ2n) is 6.55. The second kappa shape index (κ2) is 7.18. The predicted molar refractivity (Wildman–Crippen MR) is 96.8 cm³/mol. The van der Waals surface area contributed by atoms with E-state index in [0.29, 0.717) is 12.2 Å². The maximum atomic E-state index is 14.0. The number of nitrogens with one attached hydrogen (secondary N) is 1. The molecule has 1 aliphatic rings. The van der Waals surface area contributed by atoms with Gasteiger partial charge in [0.2, 0.25) is 5.85 Å². The van der Waals surface area contributed by atoms with Gasteiger partial charge in [-0.2, -0.15) is 4.39 Å². The van der Waals surface area contributed by atoms with Crippen molar-refractivity contribution < 1.29 is 9.13 Å². The van der Waals surface area contributed by atoms with Crippen molar-refractivity contribution in [1.82, 2.24) is 5.32 Å². The van der Waals surface area contributed by atoms with E-state index in [4.69, 9.17) is 4.74 Å². The van der Waals surface area contributed by atoms with Gasteiger partial charge in [-0.3, -0.25) is 0 Å². The summed E-state index contributed by atoms with van der Waals surface area (Å²) in [6.45, 7) is 5.15. The molecule has 2 aromatic rings. The van der Waals surface area contributed by atoms with Gasteiger partial charge in [0.1, 0.15) is 5.75 Å². The molecule has 0 saturated carbocycles. The Morgan fingerprint density at radius 1 is 1.25 bits per heavy atom. The van der Waals surface area contributed by atoms with Crippen LogP contribution in [0.2, 0.25) is 0 Å². The molecule has 3 heteroatoms. The first kappa shape index (κ1) is 16.7. The molecular formula is C21H24FNO. The minimum atomic E-state index is -1.55. The summed E-state index contributed by atoms with van der Waals surface area (Å²) in [5.74, 6) is -0.832. The first-order valence-electron chi connectivity index (χ1n) is 8.46. The van der Waals surface area contributed by atoms with Crippen LogP contribution in [0.3, 0.4) is 0 Å². The zero-order chi connectivity index (χ0) is 17.0. The first-order chi connectivity index (χ1) is 11.5. The molecule has 0 amide bonds. The van der Waals surface area contributed by atoms with Crippen LogP contribution < -0.4 is 10.1 Å². The fourth-order valence-corrected chi connectivity index (χ4v) is 3.02. The zero-order valence-corrected chi connectivity index (χ0v) is 14.3. The van der Waals surface area contributed by atoms with Gasteiger partial charge in [0.05, 0.1) is 0 Å². The molecule has 1 aliphatic heterocycles. The maximum absolute atomic E-state index is 14.0. The highest BCUT2D eigenvalue weighted by Crippen LogP contribution is 2.37. The summed E-state index contributed by atoms with van der Waals surface area (Å²) in [4.78, 5) is 0. The lowest BCUT2D eigenvalue weighted by Gasteiger charge is -2.30. The number of hydrogen-bond acceptors (Lipinski definition) is 2. The van der Waals surface area contributed by atoms with Gasteiger partial charge < -0.3 is 10.1 Å². The van der Waals surface area contributed by atoms with Crippen molar-refractivity contribution in [3.05, 3.63) is 70.8 Å². The van der Waals surface area contributed by atoms with Crippen LogP contribution in [0.1, 0.15) is 35.6 Å². The summed E-state index contributed by atoms with van der Waals surface area (Å²) in [6.07, 6.45) is 5.35. The van der Waals surface area contributed by atoms with Gasteiger partial charge in [-0.15, -0.1) is 0 Å². The zero-order valence-electron chi connectivity index (χ0n) is 14.3. The van der Waals surface area contributed by atoms with Gasteiger partial charge in [0.25, 0.3) is 0 Å². The van der Waals surface area contributed by atoms with E-state index in [2.05, 4.69) is 35.7 Å². The number of rotatable bonds is 5. The molecular weight excluding hydrogens is 301 g/mol. The molecule has 0 bridgehead atoms. The number of hydrogen-bond donors (Lipinski definition) is 1. The third kappa shape index (κ3) is 4.24. The van der Waals surface area contributed by atoms with E-state index < -0.39 is 5.85 Å². The lowest BCUT2D eigenvalue weighted by molar-refractivity contribution is -0.0611. The Hall–Kier alpha value is -2.13. The number of benzene rings is 2. The molecule has 0 spiro atoms. The fraction of sp³-hybridized carbons (Fsp3) is 0.333. The lowest BCUT2D eigenvalue weighted by Crippen LogP contribution is -2.31. The van der Waals surface area contributed by atoms with Crippen LogP contribution in [0.15, 0.2) is 48.5 Å². The summed E-state index contributed by atoms with van der Waals surface area (Å²) < 4.78 is 19.5. The van der Waals surface area contributed by atoms with Crippen molar-refractivity contribution in [1.29, 1.82) is 0 Å². The molecule has 24 heavy (non-hydrogen) atoms. The van der Waals surface area contributed by atoms with Crippen molar-refractivity contribution in [3.8, 4) is 5.75 Å². The minimum Gasteiger partial charge on any atom is -0.458 e. The normalized spacial score (nSPS) is 20.0. The molecule has 1 atom stereocenters. The van der Waals surface area contributed by atoms with Crippen molar-refractivity contribution in [2.24, 2.45) is 0 Å². The van der Waals surface area contributed by atoms with E-state index in [1.807, 2.05) is 31.2 Å². The third-order valence-corrected chi connectivity index (χ3v) is 4.27. The Labute approximate surface area is 143 Å². The molecule has 0 aromatic heterocycles. The van der Waals surface area contributed by atoms with Gasteiger partial charge in [0, 0.05) is 26.4 Å². The SMILES string of the molecule is Cc1cc(/C=C/CNCc2ccccc2)cc2c1O[C@](C)(F)CC2. The summed E-state index contributed by atoms with van der Waals surface area (Å²) in [5, 5.41) is 3.40. The highest BCUT2D eigenvalue weighted by atomic mass is 19.2. The number of alkyl halides is 1. The fourth-order valence-electron chi connectivity index (χ4n) is 3.02. The van der Waals surface area contributed by atoms with Gasteiger partial charge in [-0.25, -0.2) is 0 Å². The topological polar surface area (TPSA) is 21.3 Å². The van der Waals surface area contributed by atoms with Crippen molar-refractivity contribution in [3.63, 3.8) is 0 Å². The van der Waals surface area contributed by atoms with E-state index in [-0.39, 0.29) is 0 Å². The van der Waals surface area contributed by atoms with Crippen LogP contribution in [0.5, 0.6) is 5.75 Å². The average Bonchev–Trinajstić information content (AvgIpc) is 2.56. The molecule has 0 radical (unpaired) electrons. The Morgan fingerprint density at radius 3 is 2.83 bits per heavy atom. The van der Waals surface area contributed by atoms with Crippen LogP contribution in [0.4, 0.5) is 4.39 Å². The number of fused-ring (bicyclic) bond motifs is 1. The first-order valence-corrected chi connectivity index (χ1v) is 8.46. The Kier molecular flexibility index (Phi) is 5.00.